The molecule has 0 aliphatic heterocycles. The van der Waals surface area contributed by atoms with Crippen molar-refractivity contribution in [2.45, 2.75) is 26.3 Å². The van der Waals surface area contributed by atoms with Crippen molar-refractivity contribution < 1.29 is 5.11 Å². The third kappa shape index (κ3) is 3.90. The van der Waals surface area contributed by atoms with Gasteiger partial charge in [0.1, 0.15) is 0 Å². The molecule has 2 nitrogen and oxygen atoms in total. The minimum absolute atomic E-state index is 0.202. The molecule has 0 heterocycles. The molecule has 0 saturated carbocycles. The summed E-state index contributed by atoms with van der Waals surface area (Å²) in [4.78, 5) is 0. The molecule has 2 heteroatoms. The van der Waals surface area contributed by atoms with Gasteiger partial charge in [0.15, 0.2) is 0 Å². The minimum Gasteiger partial charge on any atom is -0.395 e. The molecule has 78 valence electrons. The summed E-state index contributed by atoms with van der Waals surface area (Å²) >= 11 is 0. The number of aliphatic hydroxyl groups excluding tert-OH is 1. The van der Waals surface area contributed by atoms with Crippen molar-refractivity contribution in [3.63, 3.8) is 0 Å². The molecule has 0 spiro atoms. The molecular weight excluding hydrogens is 174 g/mol. The van der Waals surface area contributed by atoms with Crippen LogP contribution in [0.2, 0.25) is 0 Å². The highest BCUT2D eigenvalue weighted by molar-refractivity contribution is 5.22. The molecule has 0 radical (unpaired) electrons. The fraction of sp³-hybridized carbons (Fsp3) is 0.500. The first kappa shape index (κ1) is 11.2. The Morgan fingerprint density at radius 2 is 1.79 bits per heavy atom. The summed E-state index contributed by atoms with van der Waals surface area (Å²) < 4.78 is 0. The maximum absolute atomic E-state index is 8.60. The predicted octanol–water partition coefficient (Wildman–Crippen LogP) is 1.72. The van der Waals surface area contributed by atoms with Crippen LogP contribution in [0.5, 0.6) is 0 Å². The standard InChI is InChI=1S/C12H19NO/c1-2-3-11-4-6-12(7-5-11)10-13-8-9-14/h4-7,13-14H,2-3,8-10H2,1H3. The number of hydrogen-bond donors (Lipinski definition) is 2. The van der Waals surface area contributed by atoms with Crippen LogP contribution in [0.3, 0.4) is 0 Å². The predicted molar refractivity (Wildman–Crippen MR) is 59.2 cm³/mol. The van der Waals surface area contributed by atoms with Gasteiger partial charge in [0, 0.05) is 13.1 Å². The molecule has 2 N–H and O–H groups in total. The number of rotatable bonds is 6. The summed E-state index contributed by atoms with van der Waals surface area (Å²) in [6, 6.07) is 8.66. The van der Waals surface area contributed by atoms with E-state index >= 15 is 0 Å². The second kappa shape index (κ2) is 6.57. The van der Waals surface area contributed by atoms with Crippen LogP contribution in [0.4, 0.5) is 0 Å². The van der Waals surface area contributed by atoms with Gasteiger partial charge in [-0.05, 0) is 17.5 Å². The zero-order chi connectivity index (χ0) is 10.2. The zero-order valence-corrected chi connectivity index (χ0v) is 8.79. The minimum atomic E-state index is 0.202. The molecule has 0 saturated heterocycles. The van der Waals surface area contributed by atoms with Crippen molar-refractivity contribution >= 4 is 0 Å². The van der Waals surface area contributed by atoms with Crippen LogP contribution in [-0.2, 0) is 13.0 Å². The van der Waals surface area contributed by atoms with Gasteiger partial charge in [0.2, 0.25) is 0 Å². The summed E-state index contributed by atoms with van der Waals surface area (Å²) in [6.07, 6.45) is 2.35. The molecule has 1 rings (SSSR count). The highest BCUT2D eigenvalue weighted by Gasteiger charge is 1.93. The first-order valence-electron chi connectivity index (χ1n) is 5.26. The van der Waals surface area contributed by atoms with E-state index in [4.69, 9.17) is 5.11 Å². The fourth-order valence-corrected chi connectivity index (χ4v) is 1.42. The fourth-order valence-electron chi connectivity index (χ4n) is 1.42. The van der Waals surface area contributed by atoms with Gasteiger partial charge >= 0.3 is 0 Å². The van der Waals surface area contributed by atoms with Gasteiger partial charge in [0.05, 0.1) is 6.61 Å². The molecule has 0 atom stereocenters. The van der Waals surface area contributed by atoms with Crippen molar-refractivity contribution in [3.8, 4) is 0 Å². The molecule has 14 heavy (non-hydrogen) atoms. The van der Waals surface area contributed by atoms with Crippen molar-refractivity contribution in [1.82, 2.24) is 5.32 Å². The lowest BCUT2D eigenvalue weighted by Crippen LogP contribution is -2.17. The number of aliphatic hydroxyl groups is 1. The van der Waals surface area contributed by atoms with Gasteiger partial charge in [-0.15, -0.1) is 0 Å². The highest BCUT2D eigenvalue weighted by atomic mass is 16.3. The van der Waals surface area contributed by atoms with Crippen molar-refractivity contribution in [3.05, 3.63) is 35.4 Å². The summed E-state index contributed by atoms with van der Waals surface area (Å²) in [5, 5.41) is 11.7. The quantitative estimate of drug-likeness (QED) is 0.674. The third-order valence-electron chi connectivity index (χ3n) is 2.18. The van der Waals surface area contributed by atoms with Gasteiger partial charge in [-0.3, -0.25) is 0 Å². The average Bonchev–Trinajstić information content (AvgIpc) is 2.21. The van der Waals surface area contributed by atoms with Crippen molar-refractivity contribution in [2.24, 2.45) is 0 Å². The molecule has 0 unspecified atom stereocenters. The van der Waals surface area contributed by atoms with Crippen LogP contribution >= 0.6 is 0 Å². The van der Waals surface area contributed by atoms with Gasteiger partial charge in [0.25, 0.3) is 0 Å². The van der Waals surface area contributed by atoms with Crippen LogP contribution in [-0.4, -0.2) is 18.3 Å². The number of aryl methyl sites for hydroxylation is 1. The Bertz CT molecular complexity index is 243. The van der Waals surface area contributed by atoms with Crippen molar-refractivity contribution in [2.75, 3.05) is 13.2 Å². The second-order valence-corrected chi connectivity index (χ2v) is 3.47. The maximum atomic E-state index is 8.60. The van der Waals surface area contributed by atoms with Gasteiger partial charge < -0.3 is 10.4 Å². The van der Waals surface area contributed by atoms with Crippen molar-refractivity contribution in [1.29, 1.82) is 0 Å². The highest BCUT2D eigenvalue weighted by Crippen LogP contribution is 2.06. The van der Waals surface area contributed by atoms with Gasteiger partial charge in [-0.2, -0.15) is 0 Å². The molecule has 0 fully saturated rings. The summed E-state index contributed by atoms with van der Waals surface area (Å²) in [5.41, 5.74) is 2.68. The van der Waals surface area contributed by atoms with E-state index in [9.17, 15) is 0 Å². The van der Waals surface area contributed by atoms with E-state index < -0.39 is 0 Å². The smallest absolute Gasteiger partial charge is 0.0556 e. The van der Waals surface area contributed by atoms with Gasteiger partial charge in [-0.1, -0.05) is 37.6 Å². The first-order chi connectivity index (χ1) is 6.86. The van der Waals surface area contributed by atoms with E-state index in [2.05, 4.69) is 36.5 Å². The van der Waals surface area contributed by atoms with Crippen LogP contribution in [0.25, 0.3) is 0 Å². The molecule has 0 aliphatic rings. The molecule has 0 aromatic heterocycles. The van der Waals surface area contributed by atoms with E-state index in [0.717, 1.165) is 13.0 Å². The Hall–Kier alpha value is -0.860. The van der Waals surface area contributed by atoms with Crippen LogP contribution in [0.1, 0.15) is 24.5 Å². The largest absolute Gasteiger partial charge is 0.395 e. The first-order valence-corrected chi connectivity index (χ1v) is 5.26. The topological polar surface area (TPSA) is 32.3 Å². The zero-order valence-electron chi connectivity index (χ0n) is 8.79. The van der Waals surface area contributed by atoms with Crippen LogP contribution < -0.4 is 5.32 Å². The molecule has 1 aromatic carbocycles. The monoisotopic (exact) mass is 193 g/mol. The number of benzene rings is 1. The van der Waals surface area contributed by atoms with E-state index in [1.165, 1.54) is 17.5 Å². The molecule has 0 bridgehead atoms. The lowest BCUT2D eigenvalue weighted by atomic mass is 10.1. The Balaban J connectivity index is 2.38. The maximum Gasteiger partial charge on any atom is 0.0556 e. The summed E-state index contributed by atoms with van der Waals surface area (Å²) in [7, 11) is 0. The molecule has 0 amide bonds. The van der Waals surface area contributed by atoms with Crippen LogP contribution in [0.15, 0.2) is 24.3 Å². The average molecular weight is 193 g/mol. The molecule has 0 aliphatic carbocycles. The van der Waals surface area contributed by atoms with Crippen LogP contribution in [0, 0.1) is 0 Å². The van der Waals surface area contributed by atoms with E-state index in [1.807, 2.05) is 0 Å². The lowest BCUT2D eigenvalue weighted by Gasteiger charge is -2.04. The second-order valence-electron chi connectivity index (χ2n) is 3.47. The normalized spacial score (nSPS) is 10.4. The number of nitrogens with one attached hydrogen (secondary N) is 1. The van der Waals surface area contributed by atoms with Gasteiger partial charge in [-0.25, -0.2) is 0 Å². The Kier molecular flexibility index (Phi) is 5.27. The summed E-state index contributed by atoms with van der Waals surface area (Å²) in [6.45, 7) is 3.90. The SMILES string of the molecule is CCCc1ccc(CNCCO)cc1. The molecule has 1 aromatic rings. The summed E-state index contributed by atoms with van der Waals surface area (Å²) in [5.74, 6) is 0. The third-order valence-corrected chi connectivity index (χ3v) is 2.18. The molecular formula is C12H19NO. The van der Waals surface area contributed by atoms with E-state index in [-0.39, 0.29) is 6.61 Å². The van der Waals surface area contributed by atoms with E-state index in [0.29, 0.717) is 6.54 Å². The van der Waals surface area contributed by atoms with E-state index in [1.54, 1.807) is 0 Å². The Labute approximate surface area is 86.0 Å². The number of hydrogen-bond acceptors (Lipinski definition) is 2. The Morgan fingerprint density at radius 3 is 2.36 bits per heavy atom. The lowest BCUT2D eigenvalue weighted by molar-refractivity contribution is 0.292. The Morgan fingerprint density at radius 1 is 1.14 bits per heavy atom.